The number of nitriles is 1. The molecule has 0 aliphatic heterocycles. The van der Waals surface area contributed by atoms with E-state index in [1.807, 2.05) is 67.6 Å². The molecule has 0 fully saturated rings. The first kappa shape index (κ1) is 12.3. The first-order chi connectivity index (χ1) is 8.71. The molecule has 0 heterocycles. The molecular formula is C16H16N2. The third-order valence-electron chi connectivity index (χ3n) is 3.32. The van der Waals surface area contributed by atoms with Crippen molar-refractivity contribution in [2.45, 2.75) is 18.4 Å². The van der Waals surface area contributed by atoms with Crippen molar-refractivity contribution in [1.29, 1.82) is 5.26 Å². The van der Waals surface area contributed by atoms with E-state index in [1.165, 1.54) is 0 Å². The molecule has 2 heteroatoms. The highest BCUT2D eigenvalue weighted by Crippen LogP contribution is 2.34. The molecule has 0 radical (unpaired) electrons. The van der Waals surface area contributed by atoms with Crippen molar-refractivity contribution in [1.82, 2.24) is 0 Å². The predicted octanol–water partition coefficient (Wildman–Crippen LogP) is 2.84. The number of hydrogen-bond donors (Lipinski definition) is 1. The van der Waals surface area contributed by atoms with Crippen molar-refractivity contribution < 1.29 is 0 Å². The van der Waals surface area contributed by atoms with Crippen LogP contribution in [0.15, 0.2) is 60.7 Å². The molecule has 0 aliphatic rings. The predicted molar refractivity (Wildman–Crippen MR) is 72.9 cm³/mol. The fourth-order valence-corrected chi connectivity index (χ4v) is 2.33. The quantitative estimate of drug-likeness (QED) is 0.890. The Morgan fingerprint density at radius 1 is 0.944 bits per heavy atom. The summed E-state index contributed by atoms with van der Waals surface area (Å²) >= 11 is 0. The van der Waals surface area contributed by atoms with Gasteiger partial charge >= 0.3 is 0 Å². The van der Waals surface area contributed by atoms with Crippen LogP contribution in [-0.4, -0.2) is 6.04 Å². The molecule has 2 aromatic carbocycles. The van der Waals surface area contributed by atoms with Crippen LogP contribution in [0.3, 0.4) is 0 Å². The average Bonchev–Trinajstić information content (AvgIpc) is 2.42. The molecule has 0 bridgehead atoms. The second-order valence-electron chi connectivity index (χ2n) is 4.44. The third-order valence-corrected chi connectivity index (χ3v) is 3.32. The molecular weight excluding hydrogens is 220 g/mol. The standard InChI is InChI=1S/C16H16N2/c1-13(18)16(12-17,14-8-4-2-5-9-14)15-10-6-3-7-11-15/h2-11,13H,18H2,1H3/t13-/m0/s1. The third kappa shape index (κ3) is 1.90. The summed E-state index contributed by atoms with van der Waals surface area (Å²) in [7, 11) is 0. The topological polar surface area (TPSA) is 49.8 Å². The Bertz CT molecular complexity index is 499. The van der Waals surface area contributed by atoms with Gasteiger partial charge in [-0.1, -0.05) is 60.7 Å². The van der Waals surface area contributed by atoms with Crippen molar-refractivity contribution in [3.8, 4) is 6.07 Å². The van der Waals surface area contributed by atoms with Crippen LogP contribution >= 0.6 is 0 Å². The minimum Gasteiger partial charge on any atom is -0.326 e. The zero-order chi connectivity index (χ0) is 13.0. The fraction of sp³-hybridized carbons (Fsp3) is 0.188. The fourth-order valence-electron chi connectivity index (χ4n) is 2.33. The lowest BCUT2D eigenvalue weighted by molar-refractivity contribution is 0.535. The van der Waals surface area contributed by atoms with E-state index in [0.29, 0.717) is 0 Å². The Morgan fingerprint density at radius 3 is 1.61 bits per heavy atom. The molecule has 90 valence electrons. The summed E-state index contributed by atoms with van der Waals surface area (Å²) in [5, 5.41) is 9.72. The molecule has 0 saturated heterocycles. The van der Waals surface area contributed by atoms with Crippen molar-refractivity contribution in [3.05, 3.63) is 71.8 Å². The number of nitrogens with two attached hydrogens (primary N) is 1. The highest BCUT2D eigenvalue weighted by Gasteiger charge is 2.38. The van der Waals surface area contributed by atoms with E-state index in [0.717, 1.165) is 11.1 Å². The van der Waals surface area contributed by atoms with Crippen molar-refractivity contribution >= 4 is 0 Å². The van der Waals surface area contributed by atoms with Crippen LogP contribution in [0.25, 0.3) is 0 Å². The molecule has 2 rings (SSSR count). The largest absolute Gasteiger partial charge is 0.326 e. The minimum atomic E-state index is -0.789. The van der Waals surface area contributed by atoms with E-state index in [9.17, 15) is 5.26 Å². The van der Waals surface area contributed by atoms with Crippen LogP contribution in [0, 0.1) is 11.3 Å². The Kier molecular flexibility index (Phi) is 3.45. The normalized spacial score (nSPS) is 12.7. The lowest BCUT2D eigenvalue weighted by Gasteiger charge is -2.31. The van der Waals surface area contributed by atoms with Gasteiger partial charge in [-0.05, 0) is 18.1 Å². The van der Waals surface area contributed by atoms with Gasteiger partial charge in [-0.15, -0.1) is 0 Å². The van der Waals surface area contributed by atoms with Crippen molar-refractivity contribution in [2.75, 3.05) is 0 Å². The summed E-state index contributed by atoms with van der Waals surface area (Å²) in [6.45, 7) is 1.88. The molecule has 2 nitrogen and oxygen atoms in total. The highest BCUT2D eigenvalue weighted by molar-refractivity contribution is 5.47. The van der Waals surface area contributed by atoms with Crippen LogP contribution in [-0.2, 0) is 5.41 Å². The van der Waals surface area contributed by atoms with Gasteiger partial charge in [-0.3, -0.25) is 0 Å². The Hall–Kier alpha value is -2.11. The molecule has 0 aliphatic carbocycles. The summed E-state index contributed by atoms with van der Waals surface area (Å²) < 4.78 is 0. The van der Waals surface area contributed by atoms with E-state index >= 15 is 0 Å². The first-order valence-corrected chi connectivity index (χ1v) is 5.99. The molecule has 0 saturated carbocycles. The van der Waals surface area contributed by atoms with Gasteiger partial charge in [0.2, 0.25) is 0 Å². The van der Waals surface area contributed by atoms with E-state index in [1.54, 1.807) is 0 Å². The van der Waals surface area contributed by atoms with E-state index in [4.69, 9.17) is 5.73 Å². The number of rotatable bonds is 3. The van der Waals surface area contributed by atoms with Gasteiger partial charge in [-0.25, -0.2) is 0 Å². The number of benzene rings is 2. The second kappa shape index (κ2) is 5.03. The van der Waals surface area contributed by atoms with Gasteiger partial charge in [0.1, 0.15) is 5.41 Å². The summed E-state index contributed by atoms with van der Waals surface area (Å²) in [5.74, 6) is 0. The number of hydrogen-bond acceptors (Lipinski definition) is 2. The van der Waals surface area contributed by atoms with Crippen LogP contribution in [0.4, 0.5) is 0 Å². The molecule has 1 atom stereocenters. The average molecular weight is 236 g/mol. The summed E-state index contributed by atoms with van der Waals surface area (Å²) in [5.41, 5.74) is 7.21. The molecule has 2 aromatic rings. The molecule has 0 unspecified atom stereocenters. The van der Waals surface area contributed by atoms with Gasteiger partial charge < -0.3 is 5.73 Å². The zero-order valence-corrected chi connectivity index (χ0v) is 10.4. The highest BCUT2D eigenvalue weighted by atomic mass is 14.7. The smallest absolute Gasteiger partial charge is 0.122 e. The second-order valence-corrected chi connectivity index (χ2v) is 4.44. The SMILES string of the molecule is C[C@H](N)C(C#N)(c1ccccc1)c1ccccc1. The Morgan fingerprint density at radius 2 is 1.33 bits per heavy atom. The Balaban J connectivity index is 2.67. The summed E-state index contributed by atoms with van der Waals surface area (Å²) in [6.07, 6.45) is 0. The maximum atomic E-state index is 9.72. The maximum absolute atomic E-state index is 9.72. The van der Waals surface area contributed by atoms with Crippen LogP contribution in [0.1, 0.15) is 18.1 Å². The molecule has 0 amide bonds. The minimum absolute atomic E-state index is 0.285. The molecule has 0 spiro atoms. The van der Waals surface area contributed by atoms with Gasteiger partial charge in [-0.2, -0.15) is 5.26 Å². The van der Waals surface area contributed by atoms with Crippen LogP contribution in [0.2, 0.25) is 0 Å². The van der Waals surface area contributed by atoms with Gasteiger partial charge in [0, 0.05) is 6.04 Å². The van der Waals surface area contributed by atoms with Gasteiger partial charge in [0.05, 0.1) is 6.07 Å². The summed E-state index contributed by atoms with van der Waals surface area (Å²) in [4.78, 5) is 0. The Labute approximate surface area is 108 Å². The lowest BCUT2D eigenvalue weighted by atomic mass is 9.71. The summed E-state index contributed by atoms with van der Waals surface area (Å²) in [6, 6.07) is 21.6. The molecule has 18 heavy (non-hydrogen) atoms. The molecule has 2 N–H and O–H groups in total. The maximum Gasteiger partial charge on any atom is 0.122 e. The lowest BCUT2D eigenvalue weighted by Crippen LogP contribution is -2.43. The zero-order valence-electron chi connectivity index (χ0n) is 10.4. The molecule has 0 aromatic heterocycles. The van der Waals surface area contributed by atoms with Gasteiger partial charge in [0.15, 0.2) is 0 Å². The monoisotopic (exact) mass is 236 g/mol. The van der Waals surface area contributed by atoms with Crippen molar-refractivity contribution in [2.24, 2.45) is 5.73 Å². The van der Waals surface area contributed by atoms with E-state index < -0.39 is 5.41 Å². The van der Waals surface area contributed by atoms with E-state index in [2.05, 4.69) is 6.07 Å². The number of nitrogens with zero attached hydrogens (tertiary/aromatic N) is 1. The van der Waals surface area contributed by atoms with E-state index in [-0.39, 0.29) is 6.04 Å². The van der Waals surface area contributed by atoms with Crippen molar-refractivity contribution in [3.63, 3.8) is 0 Å². The van der Waals surface area contributed by atoms with Crippen LogP contribution in [0.5, 0.6) is 0 Å². The van der Waals surface area contributed by atoms with Crippen LogP contribution < -0.4 is 5.73 Å². The first-order valence-electron chi connectivity index (χ1n) is 5.99. The van der Waals surface area contributed by atoms with Gasteiger partial charge in [0.25, 0.3) is 0 Å².